The van der Waals surface area contributed by atoms with Crippen molar-refractivity contribution in [2.24, 2.45) is 0 Å². The van der Waals surface area contributed by atoms with Gasteiger partial charge in [-0.3, -0.25) is 9.59 Å². The van der Waals surface area contributed by atoms with E-state index in [2.05, 4.69) is 27.4 Å². The molecule has 0 radical (unpaired) electrons. The van der Waals surface area contributed by atoms with Crippen molar-refractivity contribution in [1.82, 2.24) is 15.3 Å². The molecule has 0 spiro atoms. The fraction of sp³-hybridized carbons (Fsp3) is 0.250. The molecular formula is C20H21N3O2S. The molecule has 3 rings (SSSR count). The molecule has 1 aromatic heterocycles. The highest BCUT2D eigenvalue weighted by Crippen LogP contribution is 2.15. The Hall–Kier alpha value is -2.60. The van der Waals surface area contributed by atoms with Crippen LogP contribution in [0.2, 0.25) is 0 Å². The normalized spacial score (nSPS) is 10.8. The number of fused-ring (bicyclic) bond motifs is 1. The molecular weight excluding hydrogens is 346 g/mol. The molecule has 6 heteroatoms. The van der Waals surface area contributed by atoms with E-state index in [9.17, 15) is 9.59 Å². The van der Waals surface area contributed by atoms with Gasteiger partial charge in [0.25, 0.3) is 5.56 Å². The lowest BCUT2D eigenvalue weighted by Crippen LogP contribution is -2.25. The van der Waals surface area contributed by atoms with E-state index in [4.69, 9.17) is 0 Å². The Bertz CT molecular complexity index is 925. The molecule has 5 nitrogen and oxygen atoms in total. The van der Waals surface area contributed by atoms with Gasteiger partial charge in [0, 0.05) is 30.0 Å². The molecule has 0 unspecified atom stereocenters. The van der Waals surface area contributed by atoms with Gasteiger partial charge in [-0.15, -0.1) is 11.8 Å². The number of thioether (sulfide) groups is 1. The third kappa shape index (κ3) is 5.20. The van der Waals surface area contributed by atoms with Gasteiger partial charge in [0.1, 0.15) is 5.82 Å². The first-order valence-electron chi connectivity index (χ1n) is 8.65. The van der Waals surface area contributed by atoms with Crippen LogP contribution in [0.15, 0.2) is 64.3 Å². The van der Waals surface area contributed by atoms with Crippen molar-refractivity contribution in [2.75, 3.05) is 12.3 Å². The highest BCUT2D eigenvalue weighted by Gasteiger charge is 2.05. The number of para-hydroxylation sites is 1. The van der Waals surface area contributed by atoms with Crippen LogP contribution in [0.4, 0.5) is 0 Å². The van der Waals surface area contributed by atoms with Gasteiger partial charge < -0.3 is 10.3 Å². The lowest BCUT2D eigenvalue weighted by Gasteiger charge is -2.06. The summed E-state index contributed by atoms with van der Waals surface area (Å²) in [5.41, 5.74) is 0.557. The molecule has 1 heterocycles. The quantitative estimate of drug-likeness (QED) is 0.474. The third-order valence-corrected chi connectivity index (χ3v) is 4.93. The zero-order valence-corrected chi connectivity index (χ0v) is 15.2. The monoisotopic (exact) mass is 367 g/mol. The zero-order valence-electron chi connectivity index (χ0n) is 14.4. The van der Waals surface area contributed by atoms with Gasteiger partial charge in [0.15, 0.2) is 0 Å². The number of H-pyrrole nitrogens is 1. The van der Waals surface area contributed by atoms with Gasteiger partial charge in [-0.2, -0.15) is 0 Å². The number of nitrogens with one attached hydrogen (secondary N) is 2. The summed E-state index contributed by atoms with van der Waals surface area (Å²) >= 11 is 1.72. The van der Waals surface area contributed by atoms with Crippen LogP contribution in [0, 0.1) is 0 Å². The van der Waals surface area contributed by atoms with Crippen LogP contribution in [0.25, 0.3) is 10.9 Å². The number of hydrogen-bond acceptors (Lipinski definition) is 4. The molecule has 2 aromatic carbocycles. The molecule has 0 atom stereocenters. The summed E-state index contributed by atoms with van der Waals surface area (Å²) in [5, 5.41) is 3.52. The van der Waals surface area contributed by atoms with Crippen molar-refractivity contribution in [3.05, 3.63) is 70.8 Å². The fourth-order valence-corrected chi connectivity index (χ4v) is 3.42. The Kier molecular flexibility index (Phi) is 6.44. The van der Waals surface area contributed by atoms with E-state index >= 15 is 0 Å². The first kappa shape index (κ1) is 18.2. The molecule has 0 aliphatic heterocycles. The molecule has 0 bridgehead atoms. The number of nitrogens with zero attached hydrogens (tertiary/aromatic N) is 1. The number of rotatable bonds is 8. The van der Waals surface area contributed by atoms with Crippen LogP contribution in [0.3, 0.4) is 0 Å². The van der Waals surface area contributed by atoms with E-state index in [0.29, 0.717) is 42.5 Å². The summed E-state index contributed by atoms with van der Waals surface area (Å²) in [6.45, 7) is 0.642. The second-order valence-electron chi connectivity index (χ2n) is 5.89. The minimum atomic E-state index is -0.131. The van der Waals surface area contributed by atoms with Crippen LogP contribution < -0.4 is 10.9 Å². The van der Waals surface area contributed by atoms with Crippen LogP contribution in [0.5, 0.6) is 0 Å². The third-order valence-electron chi connectivity index (χ3n) is 3.92. The average molecular weight is 367 g/mol. The first-order valence-corrected chi connectivity index (χ1v) is 9.63. The van der Waals surface area contributed by atoms with Crippen LogP contribution in [-0.4, -0.2) is 28.2 Å². The number of benzene rings is 2. The second-order valence-corrected chi connectivity index (χ2v) is 7.06. The Morgan fingerprint density at radius 1 is 1.08 bits per heavy atom. The maximum atomic E-state index is 12.0. The van der Waals surface area contributed by atoms with E-state index in [-0.39, 0.29) is 11.5 Å². The molecule has 1 amide bonds. The number of aryl methyl sites for hydroxylation is 1. The minimum Gasteiger partial charge on any atom is -0.355 e. The summed E-state index contributed by atoms with van der Waals surface area (Å²) in [6.07, 6.45) is 1.65. The number of amides is 1. The summed E-state index contributed by atoms with van der Waals surface area (Å²) in [5.74, 6) is 1.50. The van der Waals surface area contributed by atoms with Gasteiger partial charge in [0.05, 0.1) is 10.9 Å². The molecule has 0 saturated carbocycles. The summed E-state index contributed by atoms with van der Waals surface area (Å²) in [7, 11) is 0. The van der Waals surface area contributed by atoms with Crippen LogP contribution in [-0.2, 0) is 11.2 Å². The molecule has 3 aromatic rings. The maximum Gasteiger partial charge on any atom is 0.258 e. The maximum absolute atomic E-state index is 12.0. The van der Waals surface area contributed by atoms with Crippen molar-refractivity contribution in [3.8, 4) is 0 Å². The predicted molar refractivity (Wildman–Crippen MR) is 105 cm³/mol. The SMILES string of the molecule is O=C(CCCc1nc2ccccc2c(=O)[nH]1)NCCSc1ccccc1. The van der Waals surface area contributed by atoms with Crippen molar-refractivity contribution in [2.45, 2.75) is 24.2 Å². The van der Waals surface area contributed by atoms with Gasteiger partial charge in [-0.05, 0) is 30.7 Å². The standard InChI is InChI=1S/C20H21N3O2S/c24-19(21-13-14-26-15-7-2-1-3-8-15)12-6-11-18-22-17-10-5-4-9-16(17)20(25)23-18/h1-5,7-10H,6,11-14H2,(H,21,24)(H,22,23,25). The summed E-state index contributed by atoms with van der Waals surface area (Å²) < 4.78 is 0. The van der Waals surface area contributed by atoms with Crippen molar-refractivity contribution >= 4 is 28.6 Å². The minimum absolute atomic E-state index is 0.0294. The lowest BCUT2D eigenvalue weighted by atomic mass is 10.2. The van der Waals surface area contributed by atoms with Gasteiger partial charge in [-0.25, -0.2) is 4.98 Å². The lowest BCUT2D eigenvalue weighted by molar-refractivity contribution is -0.121. The van der Waals surface area contributed by atoms with Gasteiger partial charge >= 0.3 is 0 Å². The highest BCUT2D eigenvalue weighted by molar-refractivity contribution is 7.99. The Morgan fingerprint density at radius 2 is 1.85 bits per heavy atom. The first-order chi connectivity index (χ1) is 12.7. The van der Waals surface area contributed by atoms with Crippen molar-refractivity contribution in [1.29, 1.82) is 0 Å². The average Bonchev–Trinajstić information content (AvgIpc) is 2.66. The zero-order chi connectivity index (χ0) is 18.2. The van der Waals surface area contributed by atoms with Crippen molar-refractivity contribution in [3.63, 3.8) is 0 Å². The molecule has 0 aliphatic carbocycles. The van der Waals surface area contributed by atoms with E-state index in [1.807, 2.05) is 36.4 Å². The highest BCUT2D eigenvalue weighted by atomic mass is 32.2. The topological polar surface area (TPSA) is 74.8 Å². The molecule has 0 saturated heterocycles. The van der Waals surface area contributed by atoms with Crippen LogP contribution in [0.1, 0.15) is 18.7 Å². The molecule has 2 N–H and O–H groups in total. The second kappa shape index (κ2) is 9.20. The number of hydrogen-bond donors (Lipinski definition) is 2. The van der Waals surface area contributed by atoms with E-state index in [1.165, 1.54) is 4.90 Å². The van der Waals surface area contributed by atoms with E-state index < -0.39 is 0 Å². The van der Waals surface area contributed by atoms with Crippen LogP contribution >= 0.6 is 11.8 Å². The number of aromatic nitrogens is 2. The summed E-state index contributed by atoms with van der Waals surface area (Å²) in [6, 6.07) is 17.4. The fourth-order valence-electron chi connectivity index (χ4n) is 2.63. The Labute approximate surface area is 156 Å². The Balaban J connectivity index is 1.39. The largest absolute Gasteiger partial charge is 0.355 e. The van der Waals surface area contributed by atoms with Gasteiger partial charge in [0.2, 0.25) is 5.91 Å². The Morgan fingerprint density at radius 3 is 2.69 bits per heavy atom. The molecule has 0 fully saturated rings. The number of carbonyl (C=O) groups is 1. The number of aromatic amines is 1. The van der Waals surface area contributed by atoms with Gasteiger partial charge in [-0.1, -0.05) is 30.3 Å². The smallest absolute Gasteiger partial charge is 0.258 e. The summed E-state index contributed by atoms with van der Waals surface area (Å²) in [4.78, 5) is 32.4. The molecule has 134 valence electrons. The van der Waals surface area contributed by atoms with Crippen molar-refractivity contribution < 1.29 is 4.79 Å². The molecule has 26 heavy (non-hydrogen) atoms. The van der Waals surface area contributed by atoms with E-state index in [0.717, 1.165) is 5.75 Å². The predicted octanol–water partition coefficient (Wildman–Crippen LogP) is 3.15. The molecule has 0 aliphatic rings. The number of carbonyl (C=O) groups excluding carboxylic acids is 1. The van der Waals surface area contributed by atoms with E-state index in [1.54, 1.807) is 17.8 Å².